The molecular weight excluding hydrogens is 637 g/mol. The number of nitrogens with zero attached hydrogens (tertiary/aromatic N) is 2. The lowest BCUT2D eigenvalue weighted by molar-refractivity contribution is -0.387. The number of nitro benzene ring substituents is 2. The Labute approximate surface area is 288 Å². The predicted octanol–water partition coefficient (Wildman–Crippen LogP) is 11.1. The SMILES string of the molecule is CCOc1ccc(-c2ccc(-c3cccc(Sc4cccc(-c5ccc(-c6ccc(OCC)cc6)cc5)c4[N+](=O)[O-])c3[N+](=O)[O-])cc2)cc1. The van der Waals surface area contributed by atoms with E-state index in [0.717, 1.165) is 45.5 Å². The Hall–Kier alpha value is -5.93. The molecule has 9 heteroatoms. The van der Waals surface area contributed by atoms with Crippen molar-refractivity contribution in [2.24, 2.45) is 0 Å². The molecule has 0 aliphatic rings. The molecule has 0 fully saturated rings. The van der Waals surface area contributed by atoms with Gasteiger partial charge in [-0.15, -0.1) is 0 Å². The fourth-order valence-electron chi connectivity index (χ4n) is 5.68. The van der Waals surface area contributed by atoms with E-state index in [9.17, 15) is 20.2 Å². The Morgan fingerprint density at radius 3 is 1.08 bits per heavy atom. The highest BCUT2D eigenvalue weighted by atomic mass is 32.2. The predicted molar refractivity (Wildman–Crippen MR) is 194 cm³/mol. The maximum atomic E-state index is 12.5. The summed E-state index contributed by atoms with van der Waals surface area (Å²) in [4.78, 5) is 24.8. The van der Waals surface area contributed by atoms with E-state index in [1.54, 1.807) is 36.4 Å². The molecule has 6 aromatic rings. The highest BCUT2D eigenvalue weighted by Gasteiger charge is 2.27. The van der Waals surface area contributed by atoms with Gasteiger partial charge in [-0.3, -0.25) is 20.2 Å². The Balaban J connectivity index is 1.30. The molecule has 6 rings (SSSR count). The number of benzene rings is 6. The summed E-state index contributed by atoms with van der Waals surface area (Å²) in [5.74, 6) is 1.58. The van der Waals surface area contributed by atoms with Gasteiger partial charge in [-0.05, 0) is 95.8 Å². The lowest BCUT2D eigenvalue weighted by atomic mass is 9.99. The Morgan fingerprint density at radius 2 is 0.776 bits per heavy atom. The third-order valence-corrected chi connectivity index (χ3v) is 9.07. The molecule has 0 aromatic heterocycles. The minimum Gasteiger partial charge on any atom is -0.494 e. The summed E-state index contributed by atoms with van der Waals surface area (Å²) in [5, 5.41) is 25.1. The summed E-state index contributed by atoms with van der Waals surface area (Å²) in [6.45, 7) is 5.04. The first kappa shape index (κ1) is 33.0. The van der Waals surface area contributed by atoms with Crippen LogP contribution in [0.3, 0.4) is 0 Å². The first-order valence-electron chi connectivity index (χ1n) is 15.8. The summed E-state index contributed by atoms with van der Waals surface area (Å²) in [7, 11) is 0. The molecule has 0 unspecified atom stereocenters. The fraction of sp³-hybridized carbons (Fsp3) is 0.100. The lowest BCUT2D eigenvalue weighted by Crippen LogP contribution is -1.97. The molecule has 6 aromatic carbocycles. The average molecular weight is 669 g/mol. The molecule has 0 atom stereocenters. The fourth-order valence-corrected chi connectivity index (χ4v) is 6.77. The van der Waals surface area contributed by atoms with E-state index in [1.165, 1.54) is 0 Å². The van der Waals surface area contributed by atoms with Gasteiger partial charge in [0.25, 0.3) is 11.4 Å². The van der Waals surface area contributed by atoms with E-state index in [-0.39, 0.29) is 11.4 Å². The number of para-hydroxylation sites is 2. The monoisotopic (exact) mass is 668 g/mol. The van der Waals surface area contributed by atoms with Crippen molar-refractivity contribution in [3.63, 3.8) is 0 Å². The molecule has 0 aliphatic carbocycles. The number of nitro groups is 2. The van der Waals surface area contributed by atoms with Gasteiger partial charge in [0.1, 0.15) is 11.5 Å². The second-order valence-corrected chi connectivity index (χ2v) is 12.1. The van der Waals surface area contributed by atoms with E-state index in [1.807, 2.05) is 111 Å². The largest absolute Gasteiger partial charge is 0.494 e. The zero-order chi connectivity index (χ0) is 34.3. The quantitative estimate of drug-likeness (QED) is 0.0943. The van der Waals surface area contributed by atoms with E-state index in [0.29, 0.717) is 45.3 Å². The summed E-state index contributed by atoms with van der Waals surface area (Å²) >= 11 is 1.02. The normalized spacial score (nSPS) is 10.8. The molecular formula is C40H32N2O6S. The highest BCUT2D eigenvalue weighted by molar-refractivity contribution is 7.99. The van der Waals surface area contributed by atoms with Crippen LogP contribution in [0.2, 0.25) is 0 Å². The topological polar surface area (TPSA) is 105 Å². The first-order chi connectivity index (χ1) is 23.9. The second kappa shape index (κ2) is 14.9. The van der Waals surface area contributed by atoms with E-state index < -0.39 is 9.85 Å². The third kappa shape index (κ3) is 7.32. The third-order valence-electron chi connectivity index (χ3n) is 7.97. The van der Waals surface area contributed by atoms with Gasteiger partial charge in [0.15, 0.2) is 0 Å². The van der Waals surface area contributed by atoms with Gasteiger partial charge in [-0.2, -0.15) is 0 Å². The molecule has 0 spiro atoms. The summed E-state index contributed by atoms with van der Waals surface area (Å²) < 4.78 is 11.1. The number of hydrogen-bond donors (Lipinski definition) is 0. The Bertz CT molecular complexity index is 1940. The molecule has 0 amide bonds. The average Bonchev–Trinajstić information content (AvgIpc) is 3.12. The van der Waals surface area contributed by atoms with E-state index in [4.69, 9.17) is 9.47 Å². The lowest BCUT2D eigenvalue weighted by Gasteiger charge is -2.11. The van der Waals surface area contributed by atoms with Crippen LogP contribution >= 0.6 is 11.8 Å². The maximum absolute atomic E-state index is 12.5. The first-order valence-corrected chi connectivity index (χ1v) is 16.6. The van der Waals surface area contributed by atoms with Crippen LogP contribution < -0.4 is 9.47 Å². The van der Waals surface area contributed by atoms with Gasteiger partial charge in [0, 0.05) is 0 Å². The van der Waals surface area contributed by atoms with Crippen LogP contribution in [0.4, 0.5) is 11.4 Å². The molecule has 0 radical (unpaired) electrons. The summed E-state index contributed by atoms with van der Waals surface area (Å²) in [5.41, 5.74) is 5.87. The molecule has 8 nitrogen and oxygen atoms in total. The van der Waals surface area contributed by atoms with Crippen LogP contribution in [-0.4, -0.2) is 23.1 Å². The van der Waals surface area contributed by atoms with Gasteiger partial charge in [0.05, 0.1) is 44.0 Å². The van der Waals surface area contributed by atoms with Crippen LogP contribution in [0.5, 0.6) is 11.5 Å². The van der Waals surface area contributed by atoms with Gasteiger partial charge in [-0.25, -0.2) is 0 Å². The molecule has 0 saturated heterocycles. The molecule has 0 bridgehead atoms. The molecule has 0 N–H and O–H groups in total. The van der Waals surface area contributed by atoms with Crippen molar-refractivity contribution in [2.75, 3.05) is 13.2 Å². The van der Waals surface area contributed by atoms with E-state index in [2.05, 4.69) is 0 Å². The van der Waals surface area contributed by atoms with Crippen molar-refractivity contribution >= 4 is 23.1 Å². The van der Waals surface area contributed by atoms with Crippen LogP contribution in [0.1, 0.15) is 13.8 Å². The molecule has 0 heterocycles. The molecule has 244 valence electrons. The molecule has 0 aliphatic heterocycles. The Morgan fingerprint density at radius 1 is 0.469 bits per heavy atom. The molecule has 49 heavy (non-hydrogen) atoms. The van der Waals surface area contributed by atoms with Crippen molar-refractivity contribution in [3.05, 3.63) is 154 Å². The summed E-state index contributed by atoms with van der Waals surface area (Å²) in [6, 6.07) is 40.7. The van der Waals surface area contributed by atoms with Gasteiger partial charge < -0.3 is 9.47 Å². The number of ether oxygens (including phenoxy) is 2. The van der Waals surface area contributed by atoms with Crippen LogP contribution in [0.15, 0.2) is 143 Å². The van der Waals surface area contributed by atoms with Gasteiger partial charge in [-0.1, -0.05) is 96.7 Å². The number of hydrogen-bond acceptors (Lipinski definition) is 7. The van der Waals surface area contributed by atoms with E-state index >= 15 is 0 Å². The van der Waals surface area contributed by atoms with Gasteiger partial charge >= 0.3 is 0 Å². The second-order valence-electron chi connectivity index (χ2n) is 11.0. The van der Waals surface area contributed by atoms with Crippen LogP contribution in [0, 0.1) is 20.2 Å². The smallest absolute Gasteiger partial charge is 0.290 e. The van der Waals surface area contributed by atoms with Crippen molar-refractivity contribution in [3.8, 4) is 56.0 Å². The van der Waals surface area contributed by atoms with Crippen LogP contribution in [0.25, 0.3) is 44.5 Å². The van der Waals surface area contributed by atoms with Gasteiger partial charge in [0.2, 0.25) is 0 Å². The molecule has 0 saturated carbocycles. The standard InChI is InChI=1S/C40H32N2O6S/c1-3-47-33-23-19-29(20-24-33)27-11-15-31(16-12-27)35-7-5-9-37(39(35)41(43)44)49-38-10-6-8-36(40(38)42(45)46)32-17-13-28(14-18-32)30-21-25-34(26-22-30)48-4-2/h5-26H,3-4H2,1-2H3. The number of rotatable bonds is 12. The van der Waals surface area contributed by atoms with Crippen LogP contribution in [-0.2, 0) is 0 Å². The maximum Gasteiger partial charge on any atom is 0.290 e. The Kier molecular flexibility index (Phi) is 10.0. The zero-order valence-electron chi connectivity index (χ0n) is 26.9. The van der Waals surface area contributed by atoms with Crippen molar-refractivity contribution in [2.45, 2.75) is 23.6 Å². The minimum absolute atomic E-state index is 0.110. The highest BCUT2D eigenvalue weighted by Crippen LogP contribution is 2.46. The summed E-state index contributed by atoms with van der Waals surface area (Å²) in [6.07, 6.45) is 0. The van der Waals surface area contributed by atoms with Crippen molar-refractivity contribution in [1.82, 2.24) is 0 Å². The van der Waals surface area contributed by atoms with Crippen molar-refractivity contribution in [1.29, 1.82) is 0 Å². The van der Waals surface area contributed by atoms with Crippen molar-refractivity contribution < 1.29 is 19.3 Å². The zero-order valence-corrected chi connectivity index (χ0v) is 27.7. The minimum atomic E-state index is -0.423.